The van der Waals surface area contributed by atoms with Crippen LogP contribution in [0.4, 0.5) is 38.0 Å². The van der Waals surface area contributed by atoms with E-state index in [2.05, 4.69) is 25.6 Å². The summed E-state index contributed by atoms with van der Waals surface area (Å²) in [5.74, 6) is -0.724. The lowest BCUT2D eigenvalue weighted by Crippen LogP contribution is -2.17. The number of benzene rings is 2. The van der Waals surface area contributed by atoms with Gasteiger partial charge in [-0.1, -0.05) is 6.07 Å². The fourth-order valence-corrected chi connectivity index (χ4v) is 3.49. The number of carbonyl (C=O) groups is 1. The second-order valence-electron chi connectivity index (χ2n) is 7.86. The molecule has 0 bridgehead atoms. The summed E-state index contributed by atoms with van der Waals surface area (Å²) in [6.45, 7) is 1.80. The zero-order valence-corrected chi connectivity index (χ0v) is 18.7. The molecule has 2 aromatic carbocycles. The first-order valence-electron chi connectivity index (χ1n) is 10.4. The molecule has 2 aromatic heterocycles. The fourth-order valence-electron chi connectivity index (χ4n) is 3.49. The number of nitrogens with zero attached hydrogens (tertiary/aromatic N) is 3. The van der Waals surface area contributed by atoms with Gasteiger partial charge in [0.2, 0.25) is 5.95 Å². The van der Waals surface area contributed by atoms with Crippen LogP contribution in [0.15, 0.2) is 54.9 Å². The van der Waals surface area contributed by atoms with Crippen molar-refractivity contribution >= 4 is 28.6 Å². The summed E-state index contributed by atoms with van der Waals surface area (Å²) >= 11 is 0. The van der Waals surface area contributed by atoms with E-state index in [9.17, 15) is 31.1 Å². The molecule has 2 heterocycles. The van der Waals surface area contributed by atoms with E-state index in [-0.39, 0.29) is 11.8 Å². The van der Waals surface area contributed by atoms with Crippen LogP contribution in [0.5, 0.6) is 0 Å². The molecule has 0 radical (unpaired) electrons. The van der Waals surface area contributed by atoms with Crippen molar-refractivity contribution in [1.29, 1.82) is 0 Å². The van der Waals surface area contributed by atoms with Crippen molar-refractivity contribution in [3.63, 3.8) is 0 Å². The summed E-state index contributed by atoms with van der Waals surface area (Å²) in [7, 11) is 1.67. The van der Waals surface area contributed by atoms with Crippen LogP contribution in [0.2, 0.25) is 0 Å². The van der Waals surface area contributed by atoms with Gasteiger partial charge in [-0.25, -0.2) is 9.97 Å². The predicted molar refractivity (Wildman–Crippen MR) is 121 cm³/mol. The van der Waals surface area contributed by atoms with E-state index in [1.807, 2.05) is 0 Å². The molecule has 186 valence electrons. The Labute approximate surface area is 200 Å². The van der Waals surface area contributed by atoms with E-state index >= 15 is 0 Å². The zero-order chi connectivity index (χ0) is 26.3. The molecule has 1 amide bonds. The normalized spacial score (nSPS) is 12.0. The van der Waals surface area contributed by atoms with Gasteiger partial charge in [0.1, 0.15) is 0 Å². The highest BCUT2D eigenvalue weighted by Crippen LogP contribution is 2.36. The predicted octanol–water partition coefficient (Wildman–Crippen LogP) is 6.33. The Bertz CT molecular complexity index is 1430. The third-order valence-electron chi connectivity index (χ3n) is 5.31. The molecule has 4 rings (SSSR count). The summed E-state index contributed by atoms with van der Waals surface area (Å²) < 4.78 is 78.9. The summed E-state index contributed by atoms with van der Waals surface area (Å²) in [5, 5.41) is 5.83. The Kier molecular flexibility index (Phi) is 6.29. The Balaban J connectivity index is 1.68. The molecule has 2 N–H and O–H groups in total. The summed E-state index contributed by atoms with van der Waals surface area (Å²) in [4.78, 5) is 25.4. The first-order valence-corrected chi connectivity index (χ1v) is 10.4. The van der Waals surface area contributed by atoms with E-state index < -0.39 is 35.0 Å². The second-order valence-corrected chi connectivity index (χ2v) is 7.86. The Morgan fingerprint density at radius 3 is 2.14 bits per heavy atom. The van der Waals surface area contributed by atoms with Crippen molar-refractivity contribution < 1.29 is 31.1 Å². The van der Waals surface area contributed by atoms with Crippen molar-refractivity contribution in [3.05, 3.63) is 77.1 Å². The van der Waals surface area contributed by atoms with Gasteiger partial charge in [0.05, 0.1) is 11.1 Å². The molecule has 0 aliphatic rings. The number of fused-ring (bicyclic) bond motifs is 1. The minimum absolute atomic E-state index is 0.0310. The molecule has 0 saturated carbocycles. The molecular weight excluding hydrogens is 488 g/mol. The minimum atomic E-state index is -5.06. The van der Waals surface area contributed by atoms with Crippen LogP contribution in [0.1, 0.15) is 27.0 Å². The van der Waals surface area contributed by atoms with Gasteiger partial charge in [0.25, 0.3) is 5.91 Å². The number of nitrogens with one attached hydrogen (secondary N) is 2. The average Bonchev–Trinajstić information content (AvgIpc) is 2.83. The SMILES string of the molecule is CNc1ncc2cc(-c3cc(NC(=O)c4cc(C(F)(F)F)cc(C(F)(F)F)c4)ccc3C)cnc2n1. The number of pyridine rings is 1. The quantitative estimate of drug-likeness (QED) is 0.317. The number of hydrogen-bond donors (Lipinski definition) is 2. The van der Waals surface area contributed by atoms with Gasteiger partial charge >= 0.3 is 12.4 Å². The molecule has 0 saturated heterocycles. The van der Waals surface area contributed by atoms with E-state index in [1.165, 1.54) is 6.07 Å². The fraction of sp³-hybridized carbons (Fsp3) is 0.167. The molecule has 12 heteroatoms. The highest BCUT2D eigenvalue weighted by atomic mass is 19.4. The van der Waals surface area contributed by atoms with Crippen LogP contribution < -0.4 is 10.6 Å². The van der Waals surface area contributed by atoms with Crippen molar-refractivity contribution in [1.82, 2.24) is 15.0 Å². The maximum Gasteiger partial charge on any atom is 0.416 e. The number of alkyl halides is 6. The summed E-state index contributed by atoms with van der Waals surface area (Å²) in [5.41, 5.74) is -1.21. The van der Waals surface area contributed by atoms with Gasteiger partial charge in [-0.2, -0.15) is 31.3 Å². The van der Waals surface area contributed by atoms with Gasteiger partial charge in [0.15, 0.2) is 5.65 Å². The van der Waals surface area contributed by atoms with E-state index in [0.717, 1.165) is 5.56 Å². The summed E-state index contributed by atoms with van der Waals surface area (Å²) in [6.07, 6.45) is -6.98. The molecule has 0 aliphatic carbocycles. The number of amides is 1. The van der Waals surface area contributed by atoms with E-state index in [4.69, 9.17) is 0 Å². The largest absolute Gasteiger partial charge is 0.416 e. The highest BCUT2D eigenvalue weighted by molar-refractivity contribution is 6.05. The van der Waals surface area contributed by atoms with Gasteiger partial charge in [-0.05, 0) is 54.4 Å². The first kappa shape index (κ1) is 24.9. The minimum Gasteiger partial charge on any atom is -0.357 e. The number of halogens is 6. The average molecular weight is 505 g/mol. The van der Waals surface area contributed by atoms with Gasteiger partial charge in [0, 0.05) is 41.6 Å². The first-order chi connectivity index (χ1) is 16.8. The lowest BCUT2D eigenvalue weighted by molar-refractivity contribution is -0.143. The number of carbonyl (C=O) groups excluding carboxylic acids is 1. The van der Waals surface area contributed by atoms with Crippen LogP contribution in [0, 0.1) is 6.92 Å². The Hall–Kier alpha value is -4.22. The van der Waals surface area contributed by atoms with E-state index in [0.29, 0.717) is 40.2 Å². The van der Waals surface area contributed by atoms with Crippen LogP contribution in [-0.4, -0.2) is 27.9 Å². The van der Waals surface area contributed by atoms with Gasteiger partial charge < -0.3 is 10.6 Å². The topological polar surface area (TPSA) is 79.8 Å². The van der Waals surface area contributed by atoms with Crippen molar-refractivity contribution in [2.45, 2.75) is 19.3 Å². The number of aryl methyl sites for hydroxylation is 1. The molecule has 4 aromatic rings. The molecule has 36 heavy (non-hydrogen) atoms. The maximum absolute atomic E-state index is 13.1. The van der Waals surface area contributed by atoms with Crippen LogP contribution in [0.3, 0.4) is 0 Å². The van der Waals surface area contributed by atoms with Gasteiger partial charge in [-0.3, -0.25) is 4.79 Å². The standard InChI is InChI=1S/C24H17F6N5O/c1-12-3-4-18(9-19(12)14-5-15-11-33-22(31-2)35-20(15)32-10-14)34-21(36)13-6-16(23(25,26)27)8-17(7-13)24(28,29)30/h3-11H,1-2H3,(H,34,36)(H,31,32,33,35). The molecule has 0 spiro atoms. The van der Waals surface area contributed by atoms with E-state index in [1.54, 1.807) is 44.6 Å². The Morgan fingerprint density at radius 1 is 0.861 bits per heavy atom. The van der Waals surface area contributed by atoms with Crippen molar-refractivity contribution in [3.8, 4) is 11.1 Å². The maximum atomic E-state index is 13.1. The molecule has 6 nitrogen and oxygen atoms in total. The zero-order valence-electron chi connectivity index (χ0n) is 18.7. The van der Waals surface area contributed by atoms with Crippen molar-refractivity contribution in [2.75, 3.05) is 17.7 Å². The number of aromatic nitrogens is 3. The Morgan fingerprint density at radius 2 is 1.53 bits per heavy atom. The van der Waals surface area contributed by atoms with Crippen LogP contribution in [0.25, 0.3) is 22.2 Å². The smallest absolute Gasteiger partial charge is 0.357 e. The van der Waals surface area contributed by atoms with Crippen LogP contribution in [-0.2, 0) is 12.4 Å². The monoisotopic (exact) mass is 505 g/mol. The van der Waals surface area contributed by atoms with Crippen molar-refractivity contribution in [2.24, 2.45) is 0 Å². The lowest BCUT2D eigenvalue weighted by Gasteiger charge is -2.15. The number of rotatable bonds is 4. The number of hydrogen-bond acceptors (Lipinski definition) is 5. The second kappa shape index (κ2) is 9.10. The molecule has 0 fully saturated rings. The molecular formula is C24H17F6N5O. The highest BCUT2D eigenvalue weighted by Gasteiger charge is 2.37. The molecule has 0 unspecified atom stereocenters. The lowest BCUT2D eigenvalue weighted by atomic mass is 10.00. The molecule has 0 aliphatic heterocycles. The van der Waals surface area contributed by atoms with Gasteiger partial charge in [-0.15, -0.1) is 0 Å². The molecule has 0 atom stereocenters. The third kappa shape index (κ3) is 5.21. The third-order valence-corrected chi connectivity index (χ3v) is 5.31. The summed E-state index contributed by atoms with van der Waals surface area (Å²) in [6, 6.07) is 7.21. The van der Waals surface area contributed by atoms with Crippen LogP contribution >= 0.6 is 0 Å². The number of anilines is 2.